The molecule has 0 amide bonds. The van der Waals surface area contributed by atoms with Crippen LogP contribution in [0, 0.1) is 18.3 Å². The highest BCUT2D eigenvalue weighted by atomic mass is 32.3. The Balaban J connectivity index is 1.62. The topological polar surface area (TPSA) is 125 Å². The molecule has 2 unspecified atom stereocenters. The number of hydrogen-bond donors (Lipinski definition) is 3. The zero-order valence-corrected chi connectivity index (χ0v) is 23.7. The number of aromatic nitrogens is 4. The van der Waals surface area contributed by atoms with Gasteiger partial charge in [-0.1, -0.05) is 12.1 Å². The van der Waals surface area contributed by atoms with Crippen molar-refractivity contribution in [3.63, 3.8) is 0 Å². The molecule has 0 aromatic carbocycles. The van der Waals surface area contributed by atoms with Crippen LogP contribution >= 0.6 is 22.1 Å². The van der Waals surface area contributed by atoms with Crippen LogP contribution in [0.4, 0.5) is 0 Å². The number of fused-ring (bicyclic) bond motifs is 1. The minimum Gasteiger partial charge on any atom is -0.481 e. The van der Waals surface area contributed by atoms with E-state index in [9.17, 15) is 19.0 Å². The molecule has 0 radical (unpaired) electrons. The van der Waals surface area contributed by atoms with Crippen molar-refractivity contribution in [3.8, 4) is 0 Å². The zero-order valence-electron chi connectivity index (χ0n) is 22.1. The number of carbonyl (C=O) groups is 1. The summed E-state index contributed by atoms with van der Waals surface area (Å²) in [6.45, 7) is 11.3. The fraction of sp³-hybridized carbons (Fsp3) is 0.538. The second-order valence-corrected chi connectivity index (χ2v) is 13.8. The minimum atomic E-state index is -3.20. The molecule has 0 saturated heterocycles. The van der Waals surface area contributed by atoms with Gasteiger partial charge in [-0.2, -0.15) is 4.31 Å². The first-order chi connectivity index (χ1) is 17.4. The third-order valence-corrected chi connectivity index (χ3v) is 10.5. The van der Waals surface area contributed by atoms with Gasteiger partial charge in [-0.15, -0.1) is 27.2 Å². The Bertz CT molecular complexity index is 1260. The fourth-order valence-electron chi connectivity index (χ4n) is 4.94. The van der Waals surface area contributed by atoms with Gasteiger partial charge in [0.15, 0.2) is 0 Å². The molecule has 3 aromatic heterocycles. The zero-order chi connectivity index (χ0) is 27.0. The van der Waals surface area contributed by atoms with E-state index >= 15 is 0 Å². The predicted molar refractivity (Wildman–Crippen MR) is 146 cm³/mol. The molecule has 2 atom stereocenters. The first kappa shape index (κ1) is 27.7. The van der Waals surface area contributed by atoms with Gasteiger partial charge >= 0.3 is 5.97 Å². The van der Waals surface area contributed by atoms with Gasteiger partial charge in [-0.05, 0) is 76.6 Å². The number of rotatable bonds is 9. The predicted octanol–water partition coefficient (Wildman–Crippen LogP) is 5.61. The van der Waals surface area contributed by atoms with Gasteiger partial charge < -0.3 is 5.11 Å². The average molecular weight is 548 g/mol. The van der Waals surface area contributed by atoms with E-state index in [2.05, 4.69) is 28.3 Å². The average Bonchev–Trinajstić information content (AvgIpc) is 3.42. The summed E-state index contributed by atoms with van der Waals surface area (Å²) >= 11 is 1.59. The molecule has 3 N–H and O–H groups in total. The summed E-state index contributed by atoms with van der Waals surface area (Å²) in [6.07, 6.45) is 5.54. The van der Waals surface area contributed by atoms with Crippen LogP contribution < -0.4 is 0 Å². The summed E-state index contributed by atoms with van der Waals surface area (Å²) in [5, 5.41) is 18.4. The normalized spacial score (nSPS) is 19.7. The standard InChI is InChI=1S/C26H37N5O4S2/c1-6-30-16-20(28-29-30)9-10-21(26(4,5)25(32)33)23-13-19(18(3)36-23)15-31-14-17(2)12-22-24(37(31,34)35)8-7-11-27-22/h7-8,11,13,16-17,21,34-35H,6,9-10,12,14-15H2,1-5H3,(H,32,33). The molecule has 11 heteroatoms. The van der Waals surface area contributed by atoms with Gasteiger partial charge in [0.2, 0.25) is 0 Å². The SMILES string of the molecule is CCn1cc(CCC(c2cc(CN3CC(C)Cc4ncccc4S3(O)O)c(C)s2)C(C)(C)C(=O)O)nn1. The van der Waals surface area contributed by atoms with Gasteiger partial charge in [0.1, 0.15) is 0 Å². The van der Waals surface area contributed by atoms with E-state index in [1.54, 1.807) is 52.5 Å². The number of pyridine rings is 1. The van der Waals surface area contributed by atoms with Crippen molar-refractivity contribution in [1.29, 1.82) is 0 Å². The Hall–Kier alpha value is -2.31. The quantitative estimate of drug-likeness (QED) is 0.316. The van der Waals surface area contributed by atoms with Gasteiger partial charge in [0, 0.05) is 47.7 Å². The number of thiophene rings is 1. The molecule has 0 fully saturated rings. The monoisotopic (exact) mass is 547 g/mol. The lowest BCUT2D eigenvalue weighted by molar-refractivity contribution is -0.148. The van der Waals surface area contributed by atoms with E-state index < -0.39 is 22.2 Å². The Morgan fingerprint density at radius 3 is 2.78 bits per heavy atom. The van der Waals surface area contributed by atoms with Crippen LogP contribution in [0.2, 0.25) is 0 Å². The Morgan fingerprint density at radius 1 is 1.35 bits per heavy atom. The molecule has 0 bridgehead atoms. The maximum absolute atomic E-state index is 12.3. The van der Waals surface area contributed by atoms with Gasteiger partial charge in [0.25, 0.3) is 0 Å². The molecule has 4 heterocycles. The third kappa shape index (κ3) is 5.75. The molecule has 37 heavy (non-hydrogen) atoms. The molecule has 202 valence electrons. The number of aryl methyl sites for hydroxylation is 3. The molecule has 9 nitrogen and oxygen atoms in total. The van der Waals surface area contributed by atoms with Gasteiger partial charge in [-0.3, -0.25) is 23.6 Å². The molecular formula is C26H37N5O4S2. The van der Waals surface area contributed by atoms with Crippen molar-refractivity contribution in [2.45, 2.75) is 77.8 Å². The second-order valence-electron chi connectivity index (χ2n) is 10.5. The molecular weight excluding hydrogens is 510 g/mol. The Kier molecular flexibility index (Phi) is 8.10. The third-order valence-electron chi connectivity index (χ3n) is 7.31. The van der Waals surface area contributed by atoms with Crippen LogP contribution in [0.15, 0.2) is 35.5 Å². The summed E-state index contributed by atoms with van der Waals surface area (Å²) in [5.74, 6) is -0.875. The van der Waals surface area contributed by atoms with Crippen LogP contribution in [0.25, 0.3) is 0 Å². The van der Waals surface area contributed by atoms with Crippen LogP contribution in [-0.2, 0) is 30.7 Å². The maximum Gasteiger partial charge on any atom is 0.309 e. The van der Waals surface area contributed by atoms with Crippen LogP contribution in [0.1, 0.15) is 66.7 Å². The van der Waals surface area contributed by atoms with Gasteiger partial charge in [0.05, 0.1) is 21.7 Å². The van der Waals surface area contributed by atoms with Crippen molar-refractivity contribution in [2.75, 3.05) is 6.54 Å². The molecule has 0 saturated carbocycles. The van der Waals surface area contributed by atoms with Crippen molar-refractivity contribution in [2.24, 2.45) is 11.3 Å². The maximum atomic E-state index is 12.3. The Labute approximate surface area is 224 Å². The second kappa shape index (κ2) is 10.8. The molecule has 1 aliphatic heterocycles. The van der Waals surface area contributed by atoms with Crippen LogP contribution in [-0.4, -0.2) is 51.0 Å². The minimum absolute atomic E-state index is 0.205. The number of carboxylic acids is 1. The van der Waals surface area contributed by atoms with E-state index in [1.807, 2.05) is 20.0 Å². The number of hydrogen-bond acceptors (Lipinski definition) is 8. The summed E-state index contributed by atoms with van der Waals surface area (Å²) in [4.78, 5) is 19.2. The lowest BCUT2D eigenvalue weighted by atomic mass is 9.75. The number of carboxylic acid groups (broad SMARTS) is 1. The van der Waals surface area contributed by atoms with Crippen molar-refractivity contribution in [3.05, 3.63) is 57.3 Å². The smallest absolute Gasteiger partial charge is 0.309 e. The number of nitrogens with zero attached hydrogens (tertiary/aromatic N) is 5. The van der Waals surface area contributed by atoms with Gasteiger partial charge in [-0.25, -0.2) is 0 Å². The highest BCUT2D eigenvalue weighted by Crippen LogP contribution is 2.55. The largest absolute Gasteiger partial charge is 0.481 e. The fourth-order valence-corrected chi connectivity index (χ4v) is 8.07. The van der Waals surface area contributed by atoms with E-state index in [-0.39, 0.29) is 11.8 Å². The van der Waals surface area contributed by atoms with E-state index in [1.165, 1.54) is 0 Å². The summed E-state index contributed by atoms with van der Waals surface area (Å²) in [5.41, 5.74) is 1.59. The molecule has 3 aromatic rings. The highest BCUT2D eigenvalue weighted by molar-refractivity contribution is 8.22. The summed E-state index contributed by atoms with van der Waals surface area (Å²) < 4.78 is 26.2. The van der Waals surface area contributed by atoms with Crippen molar-refractivity contribution in [1.82, 2.24) is 24.3 Å². The van der Waals surface area contributed by atoms with E-state index in [0.29, 0.717) is 37.2 Å². The summed E-state index contributed by atoms with van der Waals surface area (Å²) in [7, 11) is -3.20. The van der Waals surface area contributed by atoms with Crippen LogP contribution in [0.3, 0.4) is 0 Å². The van der Waals surface area contributed by atoms with Crippen LogP contribution in [0.5, 0.6) is 0 Å². The lowest BCUT2D eigenvalue weighted by Crippen LogP contribution is -2.31. The lowest BCUT2D eigenvalue weighted by Gasteiger charge is -2.42. The first-order valence-corrected chi connectivity index (χ1v) is 14.9. The van der Waals surface area contributed by atoms with Crippen molar-refractivity contribution < 1.29 is 19.0 Å². The molecule has 0 spiro atoms. The molecule has 1 aliphatic rings. The number of aliphatic carboxylic acids is 1. The first-order valence-electron chi connectivity index (χ1n) is 12.6. The van der Waals surface area contributed by atoms with Crippen molar-refractivity contribution >= 4 is 28.1 Å². The van der Waals surface area contributed by atoms with E-state index in [4.69, 9.17) is 0 Å². The Morgan fingerprint density at radius 2 is 2.11 bits per heavy atom. The summed E-state index contributed by atoms with van der Waals surface area (Å²) in [6, 6.07) is 5.56. The van der Waals surface area contributed by atoms with E-state index in [0.717, 1.165) is 33.3 Å². The molecule has 4 rings (SSSR count). The molecule has 0 aliphatic carbocycles. The highest BCUT2D eigenvalue weighted by Gasteiger charge is 2.39.